The number of hydrogen-bond acceptors (Lipinski definition) is 3. The molecule has 5 nitrogen and oxygen atoms in total. The van der Waals surface area contributed by atoms with Crippen LogP contribution in [0.2, 0.25) is 0 Å². The summed E-state index contributed by atoms with van der Waals surface area (Å²) >= 11 is 2.82. The van der Waals surface area contributed by atoms with Crippen LogP contribution >= 0.6 is 15.9 Å². The van der Waals surface area contributed by atoms with Crippen LogP contribution in [0.5, 0.6) is 0 Å². The van der Waals surface area contributed by atoms with Crippen molar-refractivity contribution < 1.29 is 27.9 Å². The van der Waals surface area contributed by atoms with Crippen molar-refractivity contribution >= 4 is 33.5 Å². The zero-order valence-electron chi connectivity index (χ0n) is 11.9. The van der Waals surface area contributed by atoms with E-state index < -0.39 is 29.7 Å². The van der Waals surface area contributed by atoms with Crippen LogP contribution in [0.1, 0.15) is 18.4 Å². The maximum Gasteiger partial charge on any atom is 0.417 e. The van der Waals surface area contributed by atoms with E-state index in [1.807, 2.05) is 0 Å². The normalized spacial score (nSPS) is 18.9. The molecule has 0 spiro atoms. The molecule has 1 aromatic rings. The first-order chi connectivity index (χ1) is 10.7. The maximum absolute atomic E-state index is 12.8. The Morgan fingerprint density at radius 2 is 2.09 bits per heavy atom. The number of rotatable bonds is 4. The monoisotopic (exact) mass is 394 g/mol. The number of alkyl halides is 3. The number of benzene rings is 1. The number of anilines is 1. The predicted octanol–water partition coefficient (Wildman–Crippen LogP) is 2.96. The molecule has 1 unspecified atom stereocenters. The van der Waals surface area contributed by atoms with Crippen molar-refractivity contribution in [2.45, 2.75) is 25.1 Å². The van der Waals surface area contributed by atoms with Gasteiger partial charge in [0.25, 0.3) is 0 Å². The van der Waals surface area contributed by atoms with Gasteiger partial charge < -0.3 is 10.4 Å². The van der Waals surface area contributed by atoms with Crippen molar-refractivity contribution in [2.75, 3.05) is 18.4 Å². The topological polar surface area (TPSA) is 69.6 Å². The highest BCUT2D eigenvalue weighted by Gasteiger charge is 2.34. The molecule has 126 valence electrons. The number of aliphatic carboxylic acids is 1. The van der Waals surface area contributed by atoms with Gasteiger partial charge >= 0.3 is 12.1 Å². The van der Waals surface area contributed by atoms with Crippen molar-refractivity contribution in [1.29, 1.82) is 0 Å². The number of hydrogen-bond donors (Lipinski definition) is 2. The molecule has 0 aromatic heterocycles. The second-order valence-corrected chi connectivity index (χ2v) is 6.06. The van der Waals surface area contributed by atoms with Gasteiger partial charge in [-0.05, 0) is 37.6 Å². The lowest BCUT2D eigenvalue weighted by molar-refractivity contribution is -0.142. The summed E-state index contributed by atoms with van der Waals surface area (Å²) in [6.07, 6.45) is -3.41. The molecule has 1 aliphatic rings. The summed E-state index contributed by atoms with van der Waals surface area (Å²) in [6.45, 7) is 0.299. The van der Waals surface area contributed by atoms with E-state index in [0.29, 0.717) is 19.4 Å². The molecular formula is C14H14BrF3N2O3. The molecule has 1 aliphatic heterocycles. The van der Waals surface area contributed by atoms with Gasteiger partial charge in [0.15, 0.2) is 0 Å². The number of carbonyl (C=O) groups is 2. The van der Waals surface area contributed by atoms with Crippen LogP contribution in [-0.4, -0.2) is 41.0 Å². The molecule has 0 bridgehead atoms. The van der Waals surface area contributed by atoms with Crippen molar-refractivity contribution in [1.82, 2.24) is 4.90 Å². The second-order valence-electron chi connectivity index (χ2n) is 5.21. The van der Waals surface area contributed by atoms with Gasteiger partial charge in [0.05, 0.1) is 12.1 Å². The van der Waals surface area contributed by atoms with Crippen LogP contribution < -0.4 is 5.32 Å². The number of halogens is 4. The van der Waals surface area contributed by atoms with E-state index in [2.05, 4.69) is 21.2 Å². The lowest BCUT2D eigenvalue weighted by Crippen LogP contribution is -2.40. The first kappa shape index (κ1) is 17.7. The van der Waals surface area contributed by atoms with E-state index in [-0.39, 0.29) is 16.7 Å². The zero-order chi connectivity index (χ0) is 17.2. The fourth-order valence-electron chi connectivity index (χ4n) is 2.50. The van der Waals surface area contributed by atoms with Gasteiger partial charge in [-0.2, -0.15) is 13.2 Å². The Kier molecular flexibility index (Phi) is 5.30. The van der Waals surface area contributed by atoms with E-state index in [0.717, 1.165) is 6.07 Å². The van der Waals surface area contributed by atoms with E-state index in [1.165, 1.54) is 17.0 Å². The second kappa shape index (κ2) is 6.88. The minimum absolute atomic E-state index is 0.0107. The quantitative estimate of drug-likeness (QED) is 0.823. The lowest BCUT2D eigenvalue weighted by atomic mass is 10.2. The molecule has 1 heterocycles. The number of carboxylic acid groups (broad SMARTS) is 1. The average Bonchev–Trinajstić information content (AvgIpc) is 2.87. The molecule has 1 fully saturated rings. The van der Waals surface area contributed by atoms with Crippen LogP contribution in [0.15, 0.2) is 22.7 Å². The third-order valence-corrected chi connectivity index (χ3v) is 4.24. The molecule has 1 atom stereocenters. The molecule has 0 radical (unpaired) electrons. The standard InChI is InChI=1S/C14H14BrF3N2O3/c15-10-4-3-8(6-9(10)14(16,17)18)19-12(21)7-20-5-1-2-11(20)13(22)23/h3-4,6,11H,1-2,5,7H2,(H,19,21)(H,22,23). The smallest absolute Gasteiger partial charge is 0.417 e. The van der Waals surface area contributed by atoms with Gasteiger partial charge in [-0.15, -0.1) is 0 Å². The summed E-state index contributed by atoms with van der Waals surface area (Å²) in [5, 5.41) is 11.4. The van der Waals surface area contributed by atoms with Crippen molar-refractivity contribution in [3.8, 4) is 0 Å². The van der Waals surface area contributed by atoms with E-state index in [4.69, 9.17) is 5.11 Å². The highest BCUT2D eigenvalue weighted by atomic mass is 79.9. The van der Waals surface area contributed by atoms with E-state index >= 15 is 0 Å². The van der Waals surface area contributed by atoms with Gasteiger partial charge in [0, 0.05) is 10.2 Å². The highest BCUT2D eigenvalue weighted by molar-refractivity contribution is 9.10. The number of carboxylic acids is 1. The Hall–Kier alpha value is -1.61. The third-order valence-electron chi connectivity index (χ3n) is 3.55. The maximum atomic E-state index is 12.8. The molecule has 2 N–H and O–H groups in total. The average molecular weight is 395 g/mol. The Morgan fingerprint density at radius 3 is 2.70 bits per heavy atom. The molecule has 9 heteroatoms. The summed E-state index contributed by atoms with van der Waals surface area (Å²) in [7, 11) is 0. The number of nitrogens with one attached hydrogen (secondary N) is 1. The fourth-order valence-corrected chi connectivity index (χ4v) is 2.97. The Labute approximate surface area is 138 Å². The summed E-state index contributed by atoms with van der Waals surface area (Å²) < 4.78 is 38.3. The van der Waals surface area contributed by atoms with Gasteiger partial charge in [0.2, 0.25) is 5.91 Å². The highest BCUT2D eigenvalue weighted by Crippen LogP contribution is 2.36. The number of carbonyl (C=O) groups excluding carboxylic acids is 1. The molecule has 1 saturated heterocycles. The minimum atomic E-state index is -4.54. The van der Waals surface area contributed by atoms with Gasteiger partial charge in [-0.3, -0.25) is 14.5 Å². The number of likely N-dealkylation sites (tertiary alicyclic amines) is 1. The fraction of sp³-hybridized carbons (Fsp3) is 0.429. The van der Waals surface area contributed by atoms with Gasteiger partial charge in [-0.25, -0.2) is 0 Å². The van der Waals surface area contributed by atoms with Crippen LogP contribution in [0.25, 0.3) is 0 Å². The molecule has 2 rings (SSSR count). The van der Waals surface area contributed by atoms with Gasteiger partial charge in [0.1, 0.15) is 6.04 Å². The van der Waals surface area contributed by atoms with E-state index in [1.54, 1.807) is 0 Å². The van der Waals surface area contributed by atoms with Crippen LogP contribution in [0, 0.1) is 0 Å². The zero-order valence-corrected chi connectivity index (χ0v) is 13.4. The molecule has 0 saturated carbocycles. The molecular weight excluding hydrogens is 381 g/mol. The molecule has 1 amide bonds. The molecule has 1 aromatic carbocycles. The molecule has 23 heavy (non-hydrogen) atoms. The van der Waals surface area contributed by atoms with E-state index in [9.17, 15) is 22.8 Å². The Balaban J connectivity index is 2.05. The first-order valence-corrected chi connectivity index (χ1v) is 7.61. The van der Waals surface area contributed by atoms with Gasteiger partial charge in [-0.1, -0.05) is 15.9 Å². The summed E-state index contributed by atoms with van der Waals surface area (Å²) in [5.41, 5.74) is -0.878. The lowest BCUT2D eigenvalue weighted by Gasteiger charge is -2.20. The Morgan fingerprint density at radius 1 is 1.39 bits per heavy atom. The van der Waals surface area contributed by atoms with Crippen molar-refractivity contribution in [3.63, 3.8) is 0 Å². The van der Waals surface area contributed by atoms with Crippen LogP contribution in [0.3, 0.4) is 0 Å². The third kappa shape index (κ3) is 4.44. The van der Waals surface area contributed by atoms with Crippen LogP contribution in [-0.2, 0) is 15.8 Å². The Bertz CT molecular complexity index is 622. The predicted molar refractivity (Wildman–Crippen MR) is 80.0 cm³/mol. The number of nitrogens with zero attached hydrogens (tertiary/aromatic N) is 1. The van der Waals surface area contributed by atoms with Crippen LogP contribution in [0.4, 0.5) is 18.9 Å². The first-order valence-electron chi connectivity index (χ1n) is 6.82. The molecule has 0 aliphatic carbocycles. The summed E-state index contributed by atoms with van der Waals surface area (Å²) in [4.78, 5) is 24.5. The number of amides is 1. The summed E-state index contributed by atoms with van der Waals surface area (Å²) in [5.74, 6) is -1.55. The summed E-state index contributed by atoms with van der Waals surface area (Å²) in [6, 6.07) is 2.65. The van der Waals surface area contributed by atoms with Crippen molar-refractivity contribution in [2.24, 2.45) is 0 Å². The minimum Gasteiger partial charge on any atom is -0.480 e. The van der Waals surface area contributed by atoms with Crippen molar-refractivity contribution in [3.05, 3.63) is 28.2 Å². The largest absolute Gasteiger partial charge is 0.480 e. The SMILES string of the molecule is O=C(CN1CCCC1C(=O)O)Nc1ccc(Br)c(C(F)(F)F)c1.